The Kier molecular flexibility index (Phi) is 1.86. The molecule has 0 spiro atoms. The lowest BCUT2D eigenvalue weighted by atomic mass is 10.3. The number of aromatic nitrogens is 2. The largest absolute Gasteiger partial charge is 0.421 e. The van der Waals surface area contributed by atoms with Crippen molar-refractivity contribution in [2.24, 2.45) is 0 Å². The molecule has 6 heteroatoms. The summed E-state index contributed by atoms with van der Waals surface area (Å²) in [6, 6.07) is 0. The Morgan fingerprint density at radius 1 is 1.55 bits per heavy atom. The molecule has 1 heterocycles. The molecule has 1 atom stereocenters. The van der Waals surface area contributed by atoms with Crippen molar-refractivity contribution in [3.63, 3.8) is 0 Å². The van der Waals surface area contributed by atoms with Crippen LogP contribution in [0.2, 0.25) is 0 Å². The molecule has 62 valence electrons. The summed E-state index contributed by atoms with van der Waals surface area (Å²) in [7, 11) is 0. The Hall–Kier alpha value is -1.04. The van der Waals surface area contributed by atoms with Gasteiger partial charge in [-0.1, -0.05) is 0 Å². The minimum Gasteiger partial charge on any atom is -0.377 e. The molecule has 1 aromatic rings. The van der Waals surface area contributed by atoms with Crippen molar-refractivity contribution in [2.45, 2.75) is 12.3 Å². The van der Waals surface area contributed by atoms with Gasteiger partial charge >= 0.3 is 6.18 Å². The van der Waals surface area contributed by atoms with Crippen LogP contribution in [0.15, 0.2) is 12.4 Å². The number of rotatable bonds is 1. The molecule has 3 nitrogen and oxygen atoms in total. The van der Waals surface area contributed by atoms with Crippen LogP contribution in [0.1, 0.15) is 11.9 Å². The van der Waals surface area contributed by atoms with Crippen molar-refractivity contribution < 1.29 is 18.3 Å². The number of hydrogen-bond donors (Lipinski definition) is 2. The molecule has 0 aliphatic rings. The summed E-state index contributed by atoms with van der Waals surface area (Å²) in [5, 5.41) is 8.53. The van der Waals surface area contributed by atoms with Crippen LogP contribution in [-0.4, -0.2) is 21.3 Å². The summed E-state index contributed by atoms with van der Waals surface area (Å²) in [5.74, 6) is -0.488. The molecular formula is C5H5F3N2O. The molecule has 0 fully saturated rings. The number of H-pyrrole nitrogens is 1. The Bertz CT molecular complexity index is 218. The van der Waals surface area contributed by atoms with Gasteiger partial charge in [0.1, 0.15) is 5.82 Å². The van der Waals surface area contributed by atoms with Crippen LogP contribution in [0.25, 0.3) is 0 Å². The lowest BCUT2D eigenvalue weighted by Crippen LogP contribution is -2.21. The predicted molar refractivity (Wildman–Crippen MR) is 29.6 cm³/mol. The van der Waals surface area contributed by atoms with E-state index in [1.165, 1.54) is 6.20 Å². The second-order valence-electron chi connectivity index (χ2n) is 1.92. The van der Waals surface area contributed by atoms with E-state index in [1.807, 2.05) is 0 Å². The van der Waals surface area contributed by atoms with Crippen LogP contribution in [-0.2, 0) is 0 Å². The molecule has 0 amide bonds. The normalized spacial score (nSPS) is 14.9. The predicted octanol–water partition coefficient (Wildman–Crippen LogP) is 1.01. The number of aliphatic hydroxyl groups is 1. The number of nitrogens with zero attached hydrogens (tertiary/aromatic N) is 1. The second kappa shape index (κ2) is 2.54. The fraction of sp³-hybridized carbons (Fsp3) is 0.400. The molecule has 0 bridgehead atoms. The molecule has 1 aromatic heterocycles. The Balaban J connectivity index is 2.78. The fourth-order valence-corrected chi connectivity index (χ4v) is 0.582. The van der Waals surface area contributed by atoms with E-state index >= 15 is 0 Å². The van der Waals surface area contributed by atoms with Gasteiger partial charge in [0.15, 0.2) is 0 Å². The van der Waals surface area contributed by atoms with Gasteiger partial charge in [0.25, 0.3) is 0 Å². The van der Waals surface area contributed by atoms with Crippen molar-refractivity contribution in [2.75, 3.05) is 0 Å². The second-order valence-corrected chi connectivity index (χ2v) is 1.92. The van der Waals surface area contributed by atoms with Crippen LogP contribution < -0.4 is 0 Å². The van der Waals surface area contributed by atoms with E-state index in [1.54, 1.807) is 0 Å². The van der Waals surface area contributed by atoms with Crippen LogP contribution in [0.5, 0.6) is 0 Å². The number of alkyl halides is 3. The van der Waals surface area contributed by atoms with Crippen LogP contribution >= 0.6 is 0 Å². The highest BCUT2D eigenvalue weighted by Gasteiger charge is 2.40. The maximum absolute atomic E-state index is 11.7. The molecule has 1 rings (SSSR count). The first-order valence-corrected chi connectivity index (χ1v) is 2.76. The summed E-state index contributed by atoms with van der Waals surface area (Å²) in [4.78, 5) is 5.42. The maximum atomic E-state index is 11.7. The van der Waals surface area contributed by atoms with Crippen LogP contribution in [0.3, 0.4) is 0 Å². The first kappa shape index (κ1) is 8.06. The van der Waals surface area contributed by atoms with E-state index in [-0.39, 0.29) is 0 Å². The van der Waals surface area contributed by atoms with Gasteiger partial charge in [0, 0.05) is 12.4 Å². The smallest absolute Gasteiger partial charge is 0.377 e. The zero-order valence-corrected chi connectivity index (χ0v) is 5.26. The third kappa shape index (κ3) is 1.70. The SMILES string of the molecule is O[C@@H](c1ncc[nH]1)C(F)(F)F. The minimum absolute atomic E-state index is 0.488. The summed E-state index contributed by atoms with van der Waals surface area (Å²) >= 11 is 0. The Morgan fingerprint density at radius 3 is 2.55 bits per heavy atom. The molecule has 0 saturated heterocycles. The van der Waals surface area contributed by atoms with E-state index in [0.717, 1.165) is 6.20 Å². The van der Waals surface area contributed by atoms with E-state index < -0.39 is 18.1 Å². The van der Waals surface area contributed by atoms with Crippen molar-refractivity contribution in [1.82, 2.24) is 9.97 Å². The molecule has 11 heavy (non-hydrogen) atoms. The van der Waals surface area contributed by atoms with Crippen molar-refractivity contribution >= 4 is 0 Å². The number of hydrogen-bond acceptors (Lipinski definition) is 2. The lowest BCUT2D eigenvalue weighted by Gasteiger charge is -2.10. The average molecular weight is 166 g/mol. The van der Waals surface area contributed by atoms with Gasteiger partial charge in [0.2, 0.25) is 6.10 Å². The number of aromatic amines is 1. The molecule has 2 N–H and O–H groups in total. The zero-order chi connectivity index (χ0) is 8.48. The quantitative estimate of drug-likeness (QED) is 0.653. The van der Waals surface area contributed by atoms with Crippen LogP contribution in [0.4, 0.5) is 13.2 Å². The van der Waals surface area contributed by atoms with Gasteiger partial charge in [-0.3, -0.25) is 0 Å². The van der Waals surface area contributed by atoms with Crippen molar-refractivity contribution in [3.05, 3.63) is 18.2 Å². The van der Waals surface area contributed by atoms with E-state index in [4.69, 9.17) is 5.11 Å². The van der Waals surface area contributed by atoms with Gasteiger partial charge in [-0.15, -0.1) is 0 Å². The topological polar surface area (TPSA) is 48.9 Å². The molecular weight excluding hydrogens is 161 g/mol. The molecule has 0 radical (unpaired) electrons. The highest BCUT2D eigenvalue weighted by molar-refractivity contribution is 4.94. The minimum atomic E-state index is -4.65. The van der Waals surface area contributed by atoms with E-state index in [9.17, 15) is 13.2 Å². The highest BCUT2D eigenvalue weighted by atomic mass is 19.4. The van der Waals surface area contributed by atoms with E-state index in [2.05, 4.69) is 9.97 Å². The maximum Gasteiger partial charge on any atom is 0.421 e. The number of aliphatic hydroxyl groups excluding tert-OH is 1. The third-order valence-electron chi connectivity index (χ3n) is 1.09. The zero-order valence-electron chi connectivity index (χ0n) is 5.26. The molecule has 0 unspecified atom stereocenters. The lowest BCUT2D eigenvalue weighted by molar-refractivity contribution is -0.209. The van der Waals surface area contributed by atoms with Gasteiger partial charge in [-0.25, -0.2) is 4.98 Å². The summed E-state index contributed by atoms with van der Waals surface area (Å²) < 4.78 is 35.1. The molecule has 0 aliphatic heterocycles. The standard InChI is InChI=1S/C5H5F3N2O/c6-5(7,8)3(11)4-9-1-2-10-4/h1-3,11H,(H,9,10)/t3-/m0/s1. The Morgan fingerprint density at radius 2 is 2.18 bits per heavy atom. The first-order chi connectivity index (χ1) is 5.02. The monoisotopic (exact) mass is 166 g/mol. The van der Waals surface area contributed by atoms with Gasteiger partial charge in [-0.05, 0) is 0 Å². The number of nitrogens with one attached hydrogen (secondary N) is 1. The number of imidazole rings is 1. The first-order valence-electron chi connectivity index (χ1n) is 2.76. The Labute approximate surface area is 59.9 Å². The van der Waals surface area contributed by atoms with E-state index in [0.29, 0.717) is 0 Å². The van der Waals surface area contributed by atoms with Crippen molar-refractivity contribution in [1.29, 1.82) is 0 Å². The number of halogens is 3. The average Bonchev–Trinajstić information content (AvgIpc) is 2.34. The summed E-state index contributed by atoms with van der Waals surface area (Å²) in [6.07, 6.45) is -4.82. The van der Waals surface area contributed by atoms with Gasteiger partial charge in [0.05, 0.1) is 0 Å². The molecule has 0 saturated carbocycles. The van der Waals surface area contributed by atoms with Crippen molar-refractivity contribution in [3.8, 4) is 0 Å². The molecule has 0 aliphatic carbocycles. The summed E-state index contributed by atoms with van der Waals surface area (Å²) in [5.41, 5.74) is 0. The van der Waals surface area contributed by atoms with Crippen LogP contribution in [0, 0.1) is 0 Å². The third-order valence-corrected chi connectivity index (χ3v) is 1.09. The summed E-state index contributed by atoms with van der Waals surface area (Å²) in [6.45, 7) is 0. The molecule has 0 aromatic carbocycles. The highest BCUT2D eigenvalue weighted by Crippen LogP contribution is 2.29. The van der Waals surface area contributed by atoms with Gasteiger partial charge in [-0.2, -0.15) is 13.2 Å². The van der Waals surface area contributed by atoms with Gasteiger partial charge < -0.3 is 10.1 Å². The fourth-order valence-electron chi connectivity index (χ4n) is 0.582.